The first-order valence-electron chi connectivity index (χ1n) is 10.2. The van der Waals surface area contributed by atoms with Crippen molar-refractivity contribution in [3.8, 4) is 17.4 Å². The largest absolute Gasteiger partial charge is 0.491 e. The van der Waals surface area contributed by atoms with Crippen molar-refractivity contribution in [3.63, 3.8) is 0 Å². The first kappa shape index (κ1) is 22.0. The van der Waals surface area contributed by atoms with E-state index in [9.17, 15) is 0 Å². The maximum atomic E-state index is 5.98. The van der Waals surface area contributed by atoms with Gasteiger partial charge in [-0.2, -0.15) is 0 Å². The molecule has 0 spiro atoms. The summed E-state index contributed by atoms with van der Waals surface area (Å²) in [7, 11) is 0. The second-order valence-corrected chi connectivity index (χ2v) is 7.03. The lowest BCUT2D eigenvalue weighted by atomic mass is 10.3. The Balaban J connectivity index is 1.41. The number of aromatic nitrogens is 1. The Bertz CT molecular complexity index is 943. The number of anilines is 1. The highest BCUT2D eigenvalue weighted by atomic mass is 16.5. The average molecular weight is 421 g/mol. The summed E-state index contributed by atoms with van der Waals surface area (Å²) < 4.78 is 16.8. The van der Waals surface area contributed by atoms with Gasteiger partial charge in [-0.15, -0.1) is 0 Å². The third kappa shape index (κ3) is 7.89. The minimum Gasteiger partial charge on any atom is -0.491 e. The molecule has 0 aliphatic heterocycles. The molecule has 0 fully saturated rings. The summed E-state index contributed by atoms with van der Waals surface area (Å²) in [4.78, 5) is 8.65. The predicted octanol–water partition coefficient (Wildman–Crippen LogP) is 4.25. The first-order chi connectivity index (χ1) is 15.1. The van der Waals surface area contributed by atoms with Crippen LogP contribution in [0.4, 0.5) is 5.69 Å². The number of hydrogen-bond donors (Lipinski definition) is 2. The van der Waals surface area contributed by atoms with Crippen molar-refractivity contribution in [3.05, 3.63) is 78.5 Å². The van der Waals surface area contributed by atoms with Gasteiger partial charge in [0.25, 0.3) is 0 Å². The van der Waals surface area contributed by atoms with Gasteiger partial charge in [-0.05, 0) is 55.8 Å². The van der Waals surface area contributed by atoms with Crippen LogP contribution in [0, 0.1) is 0 Å². The quantitative estimate of drug-likeness (QED) is 0.289. The highest BCUT2D eigenvalue weighted by Crippen LogP contribution is 2.17. The van der Waals surface area contributed by atoms with Crippen molar-refractivity contribution in [2.45, 2.75) is 26.5 Å². The van der Waals surface area contributed by atoms with Gasteiger partial charge in [0.15, 0.2) is 5.96 Å². The van der Waals surface area contributed by atoms with Crippen molar-refractivity contribution in [1.82, 2.24) is 4.98 Å². The van der Waals surface area contributed by atoms with Gasteiger partial charge in [0.2, 0.25) is 5.88 Å². The van der Waals surface area contributed by atoms with Gasteiger partial charge in [-0.1, -0.05) is 24.3 Å². The number of ether oxygens (including phenoxy) is 3. The van der Waals surface area contributed by atoms with Gasteiger partial charge in [-0.3, -0.25) is 0 Å². The van der Waals surface area contributed by atoms with Crippen LogP contribution in [-0.4, -0.2) is 30.3 Å². The molecule has 7 nitrogen and oxygen atoms in total. The standard InChI is InChI=1S/C24H28N4O3/c1-18(2)31-22-11-9-20(10-12-22)28-24(25)27-17-19-8-13-23(26-16-19)30-15-14-29-21-6-4-3-5-7-21/h3-13,16,18H,14-15,17H2,1-2H3,(H3,25,27,28). The third-order valence-corrected chi connectivity index (χ3v) is 4.07. The molecule has 1 heterocycles. The lowest BCUT2D eigenvalue weighted by Crippen LogP contribution is -2.22. The topological polar surface area (TPSA) is 91.0 Å². The third-order valence-electron chi connectivity index (χ3n) is 4.07. The zero-order valence-electron chi connectivity index (χ0n) is 17.8. The number of para-hydroxylation sites is 1. The highest BCUT2D eigenvalue weighted by Gasteiger charge is 2.01. The zero-order chi connectivity index (χ0) is 21.9. The monoisotopic (exact) mass is 420 g/mol. The fourth-order valence-electron chi connectivity index (χ4n) is 2.67. The summed E-state index contributed by atoms with van der Waals surface area (Å²) in [5, 5.41) is 3.07. The number of benzene rings is 2. The molecule has 3 N–H and O–H groups in total. The van der Waals surface area contributed by atoms with E-state index >= 15 is 0 Å². The Morgan fingerprint density at radius 1 is 0.935 bits per heavy atom. The molecule has 0 radical (unpaired) electrons. The number of guanidine groups is 1. The van der Waals surface area contributed by atoms with E-state index in [4.69, 9.17) is 19.9 Å². The Hall–Kier alpha value is -3.74. The number of pyridine rings is 1. The van der Waals surface area contributed by atoms with E-state index < -0.39 is 0 Å². The molecule has 0 unspecified atom stereocenters. The summed E-state index contributed by atoms with van der Waals surface area (Å²) in [5.41, 5.74) is 7.75. The molecule has 0 saturated heterocycles. The number of nitrogens with two attached hydrogens (primary N) is 1. The molecule has 7 heteroatoms. The Kier molecular flexibility index (Phi) is 8.11. The van der Waals surface area contributed by atoms with E-state index in [-0.39, 0.29) is 6.10 Å². The molecule has 0 saturated carbocycles. The second-order valence-electron chi connectivity index (χ2n) is 7.03. The van der Waals surface area contributed by atoms with E-state index in [1.165, 1.54) is 0 Å². The van der Waals surface area contributed by atoms with Crippen LogP contribution in [0.15, 0.2) is 77.9 Å². The van der Waals surface area contributed by atoms with Crippen LogP contribution in [-0.2, 0) is 6.54 Å². The van der Waals surface area contributed by atoms with Crippen LogP contribution in [0.2, 0.25) is 0 Å². The molecule has 3 rings (SSSR count). The Labute approximate surface area is 182 Å². The van der Waals surface area contributed by atoms with E-state index in [1.807, 2.05) is 80.6 Å². The molecule has 0 amide bonds. The lowest BCUT2D eigenvalue weighted by Gasteiger charge is -2.11. The van der Waals surface area contributed by atoms with Crippen LogP contribution < -0.4 is 25.3 Å². The molecule has 2 aromatic carbocycles. The van der Waals surface area contributed by atoms with Crippen LogP contribution in [0.3, 0.4) is 0 Å². The molecule has 31 heavy (non-hydrogen) atoms. The molecule has 3 aromatic rings. The summed E-state index contributed by atoms with van der Waals surface area (Å²) in [6.45, 7) is 5.26. The number of aliphatic imine (C=N–C) groups is 1. The van der Waals surface area contributed by atoms with Gasteiger partial charge >= 0.3 is 0 Å². The Morgan fingerprint density at radius 3 is 2.35 bits per heavy atom. The second kappa shape index (κ2) is 11.4. The smallest absolute Gasteiger partial charge is 0.213 e. The van der Waals surface area contributed by atoms with Gasteiger partial charge in [0, 0.05) is 18.0 Å². The van der Waals surface area contributed by atoms with Gasteiger partial charge in [0.05, 0.1) is 12.6 Å². The van der Waals surface area contributed by atoms with E-state index in [0.717, 1.165) is 22.7 Å². The molecule has 0 aliphatic carbocycles. The number of hydrogen-bond acceptors (Lipinski definition) is 5. The SMILES string of the molecule is CC(C)Oc1ccc(NC(N)=NCc2ccc(OCCOc3ccccc3)nc2)cc1. The van der Waals surface area contributed by atoms with Crippen molar-refractivity contribution in [2.24, 2.45) is 10.7 Å². The van der Waals surface area contributed by atoms with Crippen molar-refractivity contribution in [2.75, 3.05) is 18.5 Å². The molecule has 0 aliphatic rings. The van der Waals surface area contributed by atoms with Crippen LogP contribution in [0.25, 0.3) is 0 Å². The van der Waals surface area contributed by atoms with Crippen molar-refractivity contribution < 1.29 is 14.2 Å². The van der Waals surface area contributed by atoms with Crippen LogP contribution in [0.5, 0.6) is 17.4 Å². The fourth-order valence-corrected chi connectivity index (χ4v) is 2.67. The minimum atomic E-state index is 0.137. The number of rotatable bonds is 10. The van der Waals surface area contributed by atoms with Gasteiger partial charge in [0.1, 0.15) is 24.7 Å². The summed E-state index contributed by atoms with van der Waals surface area (Å²) >= 11 is 0. The van der Waals surface area contributed by atoms with Crippen molar-refractivity contribution >= 4 is 11.6 Å². The van der Waals surface area contributed by atoms with Gasteiger partial charge in [-0.25, -0.2) is 9.98 Å². The van der Waals surface area contributed by atoms with Gasteiger partial charge < -0.3 is 25.3 Å². The minimum absolute atomic E-state index is 0.137. The van der Waals surface area contributed by atoms with Crippen LogP contribution >= 0.6 is 0 Å². The highest BCUT2D eigenvalue weighted by molar-refractivity contribution is 5.92. The van der Waals surface area contributed by atoms with E-state index in [2.05, 4.69) is 15.3 Å². The number of nitrogens with zero attached hydrogens (tertiary/aromatic N) is 2. The molecule has 0 atom stereocenters. The van der Waals surface area contributed by atoms with E-state index in [1.54, 1.807) is 6.20 Å². The van der Waals surface area contributed by atoms with E-state index in [0.29, 0.717) is 31.6 Å². The molecular weight excluding hydrogens is 392 g/mol. The summed E-state index contributed by atoms with van der Waals surface area (Å²) in [5.74, 6) is 2.50. The molecule has 0 bridgehead atoms. The maximum absolute atomic E-state index is 5.98. The Morgan fingerprint density at radius 2 is 1.68 bits per heavy atom. The zero-order valence-corrected chi connectivity index (χ0v) is 17.8. The molecular formula is C24H28N4O3. The predicted molar refractivity (Wildman–Crippen MR) is 123 cm³/mol. The van der Waals surface area contributed by atoms with Crippen molar-refractivity contribution in [1.29, 1.82) is 0 Å². The summed E-state index contributed by atoms with van der Waals surface area (Å²) in [6.07, 6.45) is 1.86. The normalized spacial score (nSPS) is 11.3. The lowest BCUT2D eigenvalue weighted by molar-refractivity contribution is 0.212. The average Bonchev–Trinajstić information content (AvgIpc) is 2.78. The number of nitrogens with one attached hydrogen (secondary N) is 1. The maximum Gasteiger partial charge on any atom is 0.213 e. The molecule has 162 valence electrons. The summed E-state index contributed by atoms with van der Waals surface area (Å²) in [6, 6.07) is 20.9. The van der Waals surface area contributed by atoms with Crippen LogP contribution in [0.1, 0.15) is 19.4 Å². The fraction of sp³-hybridized carbons (Fsp3) is 0.250. The first-order valence-corrected chi connectivity index (χ1v) is 10.2. The molecule has 1 aromatic heterocycles.